The van der Waals surface area contributed by atoms with E-state index in [1.54, 1.807) is 23.0 Å². The second kappa shape index (κ2) is 10.7. The molecule has 202 valence electrons. The van der Waals surface area contributed by atoms with Crippen molar-refractivity contribution in [3.8, 4) is 0 Å². The van der Waals surface area contributed by atoms with Gasteiger partial charge in [-0.2, -0.15) is 13.2 Å². The van der Waals surface area contributed by atoms with E-state index in [1.165, 1.54) is 0 Å². The number of carboxylic acids is 1. The highest BCUT2D eigenvalue weighted by Crippen LogP contribution is 2.24. The number of aliphatic carboxylic acids is 1. The maximum Gasteiger partial charge on any atom is 0.430 e. The highest BCUT2D eigenvalue weighted by molar-refractivity contribution is 6.07. The molecule has 1 aliphatic heterocycles. The molecule has 0 bridgehead atoms. The van der Waals surface area contributed by atoms with Crippen LogP contribution in [0.2, 0.25) is 0 Å². The summed E-state index contributed by atoms with van der Waals surface area (Å²) in [5.74, 6) is -5.62. The lowest BCUT2D eigenvalue weighted by atomic mass is 10.1. The van der Waals surface area contributed by atoms with Crippen molar-refractivity contribution in [2.75, 3.05) is 18.4 Å². The number of aromatic nitrogens is 3. The number of rotatable bonds is 4. The van der Waals surface area contributed by atoms with E-state index in [0.29, 0.717) is 25.3 Å². The first-order valence-electron chi connectivity index (χ1n) is 11.5. The minimum absolute atomic E-state index is 0. The van der Waals surface area contributed by atoms with Crippen LogP contribution in [-0.2, 0) is 11.3 Å². The van der Waals surface area contributed by atoms with Crippen LogP contribution in [0.1, 0.15) is 30.6 Å². The average Bonchev–Trinajstić information content (AvgIpc) is 3.24. The number of likely N-dealkylation sites (tertiary alicyclic amines) is 1. The van der Waals surface area contributed by atoms with Crippen LogP contribution >= 0.6 is 0 Å². The maximum absolute atomic E-state index is 13.5. The number of hydrogen-bond donors (Lipinski definition) is 2. The van der Waals surface area contributed by atoms with Crippen LogP contribution in [0.25, 0.3) is 16.3 Å². The van der Waals surface area contributed by atoms with Gasteiger partial charge in [-0.25, -0.2) is 13.8 Å². The van der Waals surface area contributed by atoms with Crippen LogP contribution in [0.4, 0.5) is 27.6 Å². The van der Waals surface area contributed by atoms with E-state index in [4.69, 9.17) is 9.90 Å². The van der Waals surface area contributed by atoms with Gasteiger partial charge < -0.3 is 20.1 Å². The van der Waals surface area contributed by atoms with Crippen molar-refractivity contribution >= 4 is 33.9 Å². The molecule has 8 nitrogen and oxygen atoms in total. The fraction of sp³-hybridized carbons (Fsp3) is 0.280. The van der Waals surface area contributed by atoms with E-state index < -0.39 is 18.1 Å². The van der Waals surface area contributed by atoms with E-state index >= 15 is 0 Å². The number of imidazole rings is 1. The number of halogens is 5. The summed E-state index contributed by atoms with van der Waals surface area (Å²) in [4.78, 5) is 31.7. The van der Waals surface area contributed by atoms with Gasteiger partial charge in [0, 0.05) is 36.5 Å². The Morgan fingerprint density at radius 3 is 2.50 bits per heavy atom. The predicted octanol–water partition coefficient (Wildman–Crippen LogP) is 2.49. The minimum atomic E-state index is -5.19. The van der Waals surface area contributed by atoms with Crippen molar-refractivity contribution in [1.82, 2.24) is 14.4 Å². The number of carbonyl (C=O) groups excluding carboxylic acids is 2. The van der Waals surface area contributed by atoms with Crippen molar-refractivity contribution in [2.45, 2.75) is 31.5 Å². The number of nitrogens with one attached hydrogen (secondary N) is 2. The topological polar surface area (TPSA) is 104 Å². The maximum atomic E-state index is 13.5. The molecule has 1 amide bonds. The first-order valence-corrected chi connectivity index (χ1v) is 11.5. The molecule has 0 saturated carbocycles. The molecule has 0 aliphatic carbocycles. The number of carbonyl (C=O) groups is 2. The summed E-state index contributed by atoms with van der Waals surface area (Å²) in [6, 6.07) is 13.1. The van der Waals surface area contributed by atoms with Crippen LogP contribution in [-0.4, -0.2) is 51.4 Å². The molecule has 0 radical (unpaired) electrons. The van der Waals surface area contributed by atoms with Crippen molar-refractivity contribution in [3.05, 3.63) is 72.6 Å². The summed E-state index contributed by atoms with van der Waals surface area (Å²) in [7, 11) is 0. The van der Waals surface area contributed by atoms with Gasteiger partial charge in [0.15, 0.2) is 0 Å². The molecule has 3 aromatic heterocycles. The summed E-state index contributed by atoms with van der Waals surface area (Å²) in [5.41, 5.74) is 2.25. The molecule has 1 saturated heterocycles. The lowest BCUT2D eigenvalue weighted by molar-refractivity contribution is -0.921. The highest BCUT2D eigenvalue weighted by atomic mass is 19.4. The summed E-state index contributed by atoms with van der Waals surface area (Å²) in [6.07, 6.45) is -0.187. The number of hydrogen-bond acceptors (Lipinski definition) is 5. The molecule has 4 heterocycles. The molecular formula is C25H24F5N5O3. The number of nitrogens with zero attached hydrogens (tertiary/aromatic N) is 3. The number of quaternary nitrogens is 1. The van der Waals surface area contributed by atoms with Crippen LogP contribution in [0, 0.1) is 0 Å². The highest BCUT2D eigenvalue weighted by Gasteiger charge is 2.37. The molecule has 2 N–H and O–H groups in total. The predicted molar refractivity (Wildman–Crippen MR) is 127 cm³/mol. The summed E-state index contributed by atoms with van der Waals surface area (Å²) in [5, 5.41) is 13.6. The Labute approximate surface area is 214 Å². The van der Waals surface area contributed by atoms with Gasteiger partial charge in [-0.1, -0.05) is 18.2 Å². The first kappa shape index (κ1) is 26.9. The third kappa shape index (κ3) is 6.22. The molecule has 38 heavy (non-hydrogen) atoms. The van der Waals surface area contributed by atoms with E-state index in [-0.39, 0.29) is 26.0 Å². The van der Waals surface area contributed by atoms with Gasteiger partial charge in [-0.15, -0.1) is 0 Å². The molecule has 1 aromatic carbocycles. The Bertz CT molecular complexity index is 1460. The summed E-state index contributed by atoms with van der Waals surface area (Å²) < 4.78 is 60.3. The van der Waals surface area contributed by atoms with Gasteiger partial charge in [-0.3, -0.25) is 14.2 Å². The second-order valence-corrected chi connectivity index (χ2v) is 8.76. The lowest BCUT2D eigenvalue weighted by Crippen LogP contribution is -3.12. The molecular weight excluding hydrogens is 513 g/mol. The zero-order chi connectivity index (χ0) is 27.5. The molecule has 4 aromatic rings. The Morgan fingerprint density at radius 2 is 1.82 bits per heavy atom. The number of amides is 1. The van der Waals surface area contributed by atoms with Gasteiger partial charge in [0.1, 0.15) is 18.2 Å². The first-order chi connectivity index (χ1) is 17.9. The van der Waals surface area contributed by atoms with Crippen LogP contribution < -0.4 is 15.3 Å². The van der Waals surface area contributed by atoms with Crippen molar-refractivity contribution in [1.29, 1.82) is 0 Å². The Kier molecular flexibility index (Phi) is 7.58. The molecule has 0 unspecified atom stereocenters. The fourth-order valence-corrected chi connectivity index (χ4v) is 4.18. The van der Waals surface area contributed by atoms with Crippen LogP contribution in [0.15, 0.2) is 61.1 Å². The van der Waals surface area contributed by atoms with Crippen molar-refractivity contribution in [2.24, 2.45) is 0 Å². The zero-order valence-corrected chi connectivity index (χ0v) is 19.8. The van der Waals surface area contributed by atoms with Gasteiger partial charge in [0.05, 0.1) is 31.4 Å². The van der Waals surface area contributed by atoms with Gasteiger partial charge in [0.25, 0.3) is 11.8 Å². The smallest absolute Gasteiger partial charge is 0.430 e. The van der Waals surface area contributed by atoms with Crippen LogP contribution in [0.3, 0.4) is 0 Å². The molecule has 0 spiro atoms. The van der Waals surface area contributed by atoms with Crippen molar-refractivity contribution in [3.63, 3.8) is 0 Å². The Balaban J connectivity index is 0.000000468. The molecule has 1 fully saturated rings. The average molecular weight is 537 g/mol. The number of pyridine rings is 2. The van der Waals surface area contributed by atoms with E-state index in [9.17, 15) is 26.7 Å². The molecule has 13 heteroatoms. The number of benzene rings is 1. The monoisotopic (exact) mass is 537 g/mol. The third-order valence-corrected chi connectivity index (χ3v) is 6.09. The zero-order valence-electron chi connectivity index (χ0n) is 19.8. The second-order valence-electron chi connectivity index (χ2n) is 8.76. The minimum Gasteiger partial charge on any atom is -0.542 e. The van der Waals surface area contributed by atoms with Gasteiger partial charge in [0.2, 0.25) is 5.82 Å². The normalized spacial score (nSPS) is 15.6. The molecule has 1 aliphatic rings. The fourth-order valence-electron chi connectivity index (χ4n) is 4.18. The number of anilines is 1. The third-order valence-electron chi connectivity index (χ3n) is 6.09. The van der Waals surface area contributed by atoms with E-state index in [2.05, 4.69) is 15.3 Å². The molecule has 0 atom stereocenters. The largest absolute Gasteiger partial charge is 0.542 e. The summed E-state index contributed by atoms with van der Waals surface area (Å²) in [6.45, 7) is 1.30. The SMILES string of the molecule is O=C(Nc1cccc2cnccc12)c1nc(C[NH+]2CCC(F)(F)CC2)c2ccccn12.O=C([O-])C(F)(F)F.[HH]. The number of carboxylic acid groups (broad SMARTS) is 1. The Morgan fingerprint density at radius 1 is 1.11 bits per heavy atom. The standard InChI is InChI=1S/C23H21F2N5O.C2HF3O2.H2/c24-23(25)8-12-29(13-9-23)15-19-20-6-1-2-11-30(20)21(27-19)22(31)28-18-5-3-4-16-14-26-10-7-17(16)18;3-2(4,5)1(6)7;/h1-7,10-11,14H,8-9,12-13,15H2,(H,28,31);(H,6,7);1H. The van der Waals surface area contributed by atoms with Gasteiger partial charge >= 0.3 is 6.18 Å². The van der Waals surface area contributed by atoms with Crippen LogP contribution in [0.5, 0.6) is 0 Å². The van der Waals surface area contributed by atoms with Crippen molar-refractivity contribution < 1.29 is 43.0 Å². The summed E-state index contributed by atoms with van der Waals surface area (Å²) >= 11 is 0. The number of piperidine rings is 1. The van der Waals surface area contributed by atoms with E-state index in [1.807, 2.05) is 42.5 Å². The quantitative estimate of drug-likeness (QED) is 0.390. The van der Waals surface area contributed by atoms with Gasteiger partial charge in [-0.05, 0) is 24.3 Å². The van der Waals surface area contributed by atoms with E-state index in [0.717, 1.165) is 26.9 Å². The number of fused-ring (bicyclic) bond motifs is 2. The lowest BCUT2D eigenvalue weighted by Gasteiger charge is -2.28. The number of alkyl halides is 5. The Hall–Kier alpha value is -4.13. The molecule has 5 rings (SSSR count).